The van der Waals surface area contributed by atoms with Crippen LogP contribution in [0.4, 0.5) is 0 Å². The molecule has 0 N–H and O–H groups in total. The maximum absolute atomic E-state index is 6.21. The molecular weight excluding hydrogens is 256 g/mol. The van der Waals surface area contributed by atoms with Gasteiger partial charge in [0.1, 0.15) is 11.2 Å². The molecule has 0 unspecified atom stereocenters. The molecule has 0 aliphatic rings. The summed E-state index contributed by atoms with van der Waals surface area (Å²) in [5.41, 5.74) is 4.73. The molecule has 0 atom stereocenters. The van der Waals surface area contributed by atoms with Gasteiger partial charge >= 0.3 is 0 Å². The van der Waals surface area contributed by atoms with Crippen LogP contribution in [0.1, 0.15) is 25.0 Å². The standard InChI is InChI=1S/C20H18O/c1-3-13-9-10-16-18-12-14(4-2)15-7-5-6-8-17(15)20(18)21-19(16)11-13/h5-12H,3-4H2,1-2H3. The zero-order chi connectivity index (χ0) is 14.4. The highest BCUT2D eigenvalue weighted by molar-refractivity contribution is 6.16. The molecule has 0 spiro atoms. The molecule has 3 aromatic carbocycles. The van der Waals surface area contributed by atoms with Crippen molar-refractivity contribution in [3.8, 4) is 0 Å². The van der Waals surface area contributed by atoms with E-state index in [0.29, 0.717) is 0 Å². The molecule has 0 radical (unpaired) electrons. The highest BCUT2D eigenvalue weighted by atomic mass is 16.3. The molecule has 1 aromatic heterocycles. The Balaban J connectivity index is 2.21. The van der Waals surface area contributed by atoms with Gasteiger partial charge in [-0.1, -0.05) is 50.2 Å². The van der Waals surface area contributed by atoms with Crippen molar-refractivity contribution in [2.24, 2.45) is 0 Å². The van der Waals surface area contributed by atoms with Gasteiger partial charge in [0.05, 0.1) is 0 Å². The van der Waals surface area contributed by atoms with Gasteiger partial charge in [-0.15, -0.1) is 0 Å². The number of fused-ring (bicyclic) bond motifs is 5. The first-order valence-electron chi connectivity index (χ1n) is 7.67. The first kappa shape index (κ1) is 12.5. The second-order valence-electron chi connectivity index (χ2n) is 5.60. The lowest BCUT2D eigenvalue weighted by molar-refractivity contribution is 0.672. The Morgan fingerprint density at radius 2 is 1.57 bits per heavy atom. The smallest absolute Gasteiger partial charge is 0.143 e. The van der Waals surface area contributed by atoms with Crippen LogP contribution >= 0.6 is 0 Å². The Bertz CT molecular complexity index is 960. The van der Waals surface area contributed by atoms with Gasteiger partial charge in [0.25, 0.3) is 0 Å². The largest absolute Gasteiger partial charge is 0.455 e. The van der Waals surface area contributed by atoms with Crippen LogP contribution in [0, 0.1) is 0 Å². The minimum Gasteiger partial charge on any atom is -0.455 e. The summed E-state index contributed by atoms with van der Waals surface area (Å²) in [6.07, 6.45) is 2.07. The van der Waals surface area contributed by atoms with E-state index in [4.69, 9.17) is 4.42 Å². The lowest BCUT2D eigenvalue weighted by Gasteiger charge is -2.05. The molecule has 4 aromatic rings. The van der Waals surface area contributed by atoms with Gasteiger partial charge in [0.2, 0.25) is 0 Å². The summed E-state index contributed by atoms with van der Waals surface area (Å²) in [6.45, 7) is 4.39. The number of benzene rings is 3. The minimum absolute atomic E-state index is 1.00. The maximum Gasteiger partial charge on any atom is 0.143 e. The Morgan fingerprint density at radius 3 is 2.33 bits per heavy atom. The summed E-state index contributed by atoms with van der Waals surface area (Å²) < 4.78 is 6.21. The number of furan rings is 1. The Labute approximate surface area is 124 Å². The van der Waals surface area contributed by atoms with Crippen molar-refractivity contribution in [1.29, 1.82) is 0 Å². The summed E-state index contributed by atoms with van der Waals surface area (Å²) in [4.78, 5) is 0. The molecule has 0 fully saturated rings. The summed E-state index contributed by atoms with van der Waals surface area (Å²) in [7, 11) is 0. The predicted octanol–water partition coefficient (Wildman–Crippen LogP) is 5.86. The van der Waals surface area contributed by atoms with E-state index in [9.17, 15) is 0 Å². The van der Waals surface area contributed by atoms with Crippen LogP contribution in [0.5, 0.6) is 0 Å². The molecule has 0 bridgehead atoms. The SMILES string of the molecule is CCc1ccc2c(c1)oc1c3ccccc3c(CC)cc21. The Kier molecular flexibility index (Phi) is 2.75. The van der Waals surface area contributed by atoms with E-state index in [2.05, 4.69) is 62.4 Å². The molecule has 0 amide bonds. The molecule has 104 valence electrons. The van der Waals surface area contributed by atoms with Crippen LogP contribution in [-0.4, -0.2) is 0 Å². The molecule has 0 aliphatic carbocycles. The fraction of sp³-hybridized carbons (Fsp3) is 0.200. The van der Waals surface area contributed by atoms with Crippen LogP contribution < -0.4 is 0 Å². The van der Waals surface area contributed by atoms with Crippen molar-refractivity contribution in [2.45, 2.75) is 26.7 Å². The predicted molar refractivity (Wildman–Crippen MR) is 90.0 cm³/mol. The van der Waals surface area contributed by atoms with E-state index in [1.807, 2.05) is 0 Å². The number of hydrogen-bond donors (Lipinski definition) is 0. The lowest BCUT2D eigenvalue weighted by atomic mass is 9.98. The van der Waals surface area contributed by atoms with Crippen LogP contribution in [0.3, 0.4) is 0 Å². The van der Waals surface area contributed by atoms with Gasteiger partial charge in [-0.2, -0.15) is 0 Å². The summed E-state index contributed by atoms with van der Waals surface area (Å²) in [5.74, 6) is 0. The number of hydrogen-bond acceptors (Lipinski definition) is 1. The number of aryl methyl sites for hydroxylation is 2. The normalized spacial score (nSPS) is 11.7. The number of rotatable bonds is 2. The van der Waals surface area contributed by atoms with E-state index in [-0.39, 0.29) is 0 Å². The van der Waals surface area contributed by atoms with E-state index < -0.39 is 0 Å². The van der Waals surface area contributed by atoms with Gasteiger partial charge in [-0.05, 0) is 41.5 Å². The first-order valence-corrected chi connectivity index (χ1v) is 7.67. The third-order valence-electron chi connectivity index (χ3n) is 4.42. The second-order valence-corrected chi connectivity index (χ2v) is 5.60. The molecule has 1 heteroatoms. The third-order valence-corrected chi connectivity index (χ3v) is 4.42. The average Bonchev–Trinajstić information content (AvgIpc) is 2.91. The van der Waals surface area contributed by atoms with E-state index in [1.54, 1.807) is 0 Å². The van der Waals surface area contributed by atoms with E-state index in [0.717, 1.165) is 24.0 Å². The van der Waals surface area contributed by atoms with Crippen LogP contribution in [0.25, 0.3) is 32.7 Å². The van der Waals surface area contributed by atoms with Crippen molar-refractivity contribution in [3.05, 3.63) is 59.7 Å². The van der Waals surface area contributed by atoms with Gasteiger partial charge in [0, 0.05) is 16.2 Å². The van der Waals surface area contributed by atoms with Gasteiger partial charge < -0.3 is 4.42 Å². The minimum atomic E-state index is 1.00. The summed E-state index contributed by atoms with van der Waals surface area (Å²) in [5, 5.41) is 4.99. The van der Waals surface area contributed by atoms with Crippen LogP contribution in [0.2, 0.25) is 0 Å². The zero-order valence-electron chi connectivity index (χ0n) is 12.4. The van der Waals surface area contributed by atoms with E-state index in [1.165, 1.54) is 32.7 Å². The third kappa shape index (κ3) is 1.77. The Morgan fingerprint density at radius 1 is 0.762 bits per heavy atom. The quantitative estimate of drug-likeness (QED) is 0.446. The molecule has 0 aliphatic heterocycles. The van der Waals surface area contributed by atoms with Crippen molar-refractivity contribution in [3.63, 3.8) is 0 Å². The molecule has 1 nitrogen and oxygen atoms in total. The lowest BCUT2D eigenvalue weighted by Crippen LogP contribution is -1.84. The van der Waals surface area contributed by atoms with Gasteiger partial charge in [0.15, 0.2) is 0 Å². The molecule has 0 saturated heterocycles. The fourth-order valence-corrected chi connectivity index (χ4v) is 3.23. The van der Waals surface area contributed by atoms with Crippen LogP contribution in [0.15, 0.2) is 52.9 Å². The highest BCUT2D eigenvalue weighted by Crippen LogP contribution is 2.36. The highest BCUT2D eigenvalue weighted by Gasteiger charge is 2.12. The Hall–Kier alpha value is -2.28. The maximum atomic E-state index is 6.21. The molecule has 0 saturated carbocycles. The fourth-order valence-electron chi connectivity index (χ4n) is 3.23. The van der Waals surface area contributed by atoms with Crippen molar-refractivity contribution < 1.29 is 4.42 Å². The summed E-state index contributed by atoms with van der Waals surface area (Å²) in [6, 6.07) is 17.4. The average molecular weight is 274 g/mol. The molecule has 4 rings (SSSR count). The van der Waals surface area contributed by atoms with Gasteiger partial charge in [-0.3, -0.25) is 0 Å². The van der Waals surface area contributed by atoms with Crippen molar-refractivity contribution >= 4 is 32.7 Å². The van der Waals surface area contributed by atoms with Crippen LogP contribution in [-0.2, 0) is 12.8 Å². The molecular formula is C20H18O. The van der Waals surface area contributed by atoms with E-state index >= 15 is 0 Å². The topological polar surface area (TPSA) is 13.1 Å². The van der Waals surface area contributed by atoms with Crippen molar-refractivity contribution in [2.75, 3.05) is 0 Å². The second kappa shape index (κ2) is 4.63. The molecule has 1 heterocycles. The zero-order valence-corrected chi connectivity index (χ0v) is 12.4. The summed E-state index contributed by atoms with van der Waals surface area (Å²) >= 11 is 0. The van der Waals surface area contributed by atoms with Gasteiger partial charge in [-0.25, -0.2) is 0 Å². The monoisotopic (exact) mass is 274 g/mol. The molecule has 21 heavy (non-hydrogen) atoms. The van der Waals surface area contributed by atoms with Crippen molar-refractivity contribution in [1.82, 2.24) is 0 Å². The first-order chi connectivity index (χ1) is 10.3.